The molecule has 1 fully saturated rings. The van der Waals surface area contributed by atoms with Gasteiger partial charge < -0.3 is 16.2 Å². The van der Waals surface area contributed by atoms with E-state index >= 15 is 0 Å². The summed E-state index contributed by atoms with van der Waals surface area (Å²) in [5.74, 6) is -0.588. The van der Waals surface area contributed by atoms with Crippen molar-refractivity contribution in [3.63, 3.8) is 0 Å². The highest BCUT2D eigenvalue weighted by Crippen LogP contribution is 2.45. The minimum atomic E-state index is -1.05. The van der Waals surface area contributed by atoms with Crippen molar-refractivity contribution in [1.82, 2.24) is 5.32 Å². The second-order valence-corrected chi connectivity index (χ2v) is 5.80. The van der Waals surface area contributed by atoms with Gasteiger partial charge in [0.25, 0.3) is 0 Å². The van der Waals surface area contributed by atoms with Crippen LogP contribution in [0.2, 0.25) is 10.0 Å². The van der Waals surface area contributed by atoms with Gasteiger partial charge in [0.15, 0.2) is 0 Å². The van der Waals surface area contributed by atoms with Gasteiger partial charge in [-0.25, -0.2) is 0 Å². The van der Waals surface area contributed by atoms with Gasteiger partial charge in [0, 0.05) is 5.56 Å². The molecule has 104 valence electrons. The molecule has 19 heavy (non-hydrogen) atoms. The smallest absolute Gasteiger partial charge is 0.228 e. The van der Waals surface area contributed by atoms with Gasteiger partial charge in [-0.15, -0.1) is 0 Å². The predicted molar refractivity (Wildman–Crippen MR) is 75.6 cm³/mol. The number of amides is 1. The van der Waals surface area contributed by atoms with E-state index in [0.717, 1.165) is 13.0 Å². The number of halogens is 2. The third-order valence-electron chi connectivity index (χ3n) is 3.98. The van der Waals surface area contributed by atoms with Crippen molar-refractivity contribution in [2.24, 2.45) is 11.7 Å². The van der Waals surface area contributed by atoms with Crippen LogP contribution in [0.4, 0.5) is 0 Å². The van der Waals surface area contributed by atoms with E-state index in [9.17, 15) is 9.90 Å². The van der Waals surface area contributed by atoms with Crippen LogP contribution in [0.25, 0.3) is 0 Å². The normalized spacial score (nSPS) is 22.2. The van der Waals surface area contributed by atoms with E-state index in [4.69, 9.17) is 28.9 Å². The third-order valence-corrected chi connectivity index (χ3v) is 4.79. The van der Waals surface area contributed by atoms with Crippen LogP contribution in [-0.4, -0.2) is 24.1 Å². The molecule has 0 aromatic heterocycles. The van der Waals surface area contributed by atoms with Crippen LogP contribution in [0.3, 0.4) is 0 Å². The standard InChI is InChI=1S/C13H16Cl2N2O2/c1-13(12(16)19,7-4-5-17-6-7)10-9(18)3-2-8(14)11(10)15/h2-3,7,17-18H,4-6H2,1H3,(H2,16,19). The summed E-state index contributed by atoms with van der Waals surface area (Å²) in [4.78, 5) is 12.0. The minimum absolute atomic E-state index is 0.0214. The molecule has 0 bridgehead atoms. The molecule has 1 aromatic carbocycles. The number of hydrogen-bond donors (Lipinski definition) is 3. The highest BCUT2D eigenvalue weighted by molar-refractivity contribution is 6.42. The van der Waals surface area contributed by atoms with Crippen molar-refractivity contribution in [2.75, 3.05) is 13.1 Å². The van der Waals surface area contributed by atoms with Crippen molar-refractivity contribution >= 4 is 29.1 Å². The summed E-state index contributed by atoms with van der Waals surface area (Å²) < 4.78 is 0. The largest absolute Gasteiger partial charge is 0.508 e. The second kappa shape index (κ2) is 5.19. The van der Waals surface area contributed by atoms with Crippen LogP contribution >= 0.6 is 23.2 Å². The van der Waals surface area contributed by atoms with Crippen LogP contribution in [0, 0.1) is 5.92 Å². The third kappa shape index (κ3) is 2.29. The Morgan fingerprint density at radius 2 is 2.21 bits per heavy atom. The maximum Gasteiger partial charge on any atom is 0.228 e. The lowest BCUT2D eigenvalue weighted by Gasteiger charge is -2.34. The number of hydrogen-bond acceptors (Lipinski definition) is 3. The molecule has 0 saturated carbocycles. The summed E-state index contributed by atoms with van der Waals surface area (Å²) in [6.07, 6.45) is 0.793. The molecule has 1 heterocycles. The van der Waals surface area contributed by atoms with E-state index in [1.54, 1.807) is 6.92 Å². The zero-order valence-electron chi connectivity index (χ0n) is 10.5. The van der Waals surface area contributed by atoms with Gasteiger partial charge in [-0.05, 0) is 44.5 Å². The van der Waals surface area contributed by atoms with E-state index in [1.807, 2.05) is 0 Å². The Labute approximate surface area is 121 Å². The monoisotopic (exact) mass is 302 g/mol. The molecule has 1 saturated heterocycles. The second-order valence-electron chi connectivity index (χ2n) is 5.01. The first kappa shape index (κ1) is 14.4. The lowest BCUT2D eigenvalue weighted by molar-refractivity contribution is -0.124. The maximum atomic E-state index is 12.0. The summed E-state index contributed by atoms with van der Waals surface area (Å²) in [6, 6.07) is 2.93. The van der Waals surface area contributed by atoms with Gasteiger partial charge in [0.05, 0.1) is 15.5 Å². The van der Waals surface area contributed by atoms with E-state index < -0.39 is 11.3 Å². The van der Waals surface area contributed by atoms with Gasteiger partial charge >= 0.3 is 0 Å². The number of primary amides is 1. The Morgan fingerprint density at radius 1 is 1.53 bits per heavy atom. The number of rotatable bonds is 3. The van der Waals surface area contributed by atoms with Crippen molar-refractivity contribution in [3.8, 4) is 5.75 Å². The van der Waals surface area contributed by atoms with Crippen molar-refractivity contribution in [1.29, 1.82) is 0 Å². The number of aromatic hydroxyl groups is 1. The summed E-state index contributed by atoms with van der Waals surface area (Å²) in [6.45, 7) is 3.18. The van der Waals surface area contributed by atoms with Gasteiger partial charge in [0.1, 0.15) is 5.75 Å². The molecule has 6 heteroatoms. The van der Waals surface area contributed by atoms with Crippen LogP contribution in [0.15, 0.2) is 12.1 Å². The van der Waals surface area contributed by atoms with E-state index in [2.05, 4.69) is 5.32 Å². The average Bonchev–Trinajstić information content (AvgIpc) is 2.88. The quantitative estimate of drug-likeness (QED) is 0.800. The van der Waals surface area contributed by atoms with Crippen molar-refractivity contribution in [2.45, 2.75) is 18.8 Å². The Bertz CT molecular complexity index is 516. The molecule has 2 rings (SSSR count). The molecule has 4 N–H and O–H groups in total. The summed E-state index contributed by atoms with van der Waals surface area (Å²) in [5, 5.41) is 13.8. The average molecular weight is 303 g/mol. The maximum absolute atomic E-state index is 12.0. The lowest BCUT2D eigenvalue weighted by atomic mass is 9.70. The fourth-order valence-corrected chi connectivity index (χ4v) is 3.22. The number of nitrogens with one attached hydrogen (secondary N) is 1. The Morgan fingerprint density at radius 3 is 2.74 bits per heavy atom. The molecule has 1 aliphatic heterocycles. The number of carbonyl (C=O) groups is 1. The van der Waals surface area contributed by atoms with Gasteiger partial charge in [-0.3, -0.25) is 4.79 Å². The zero-order chi connectivity index (χ0) is 14.2. The predicted octanol–water partition coefficient (Wildman–Crippen LogP) is 2.05. The van der Waals surface area contributed by atoms with E-state index in [-0.39, 0.29) is 16.7 Å². The number of phenols is 1. The Hall–Kier alpha value is -0.970. The first-order valence-electron chi connectivity index (χ1n) is 6.07. The highest BCUT2D eigenvalue weighted by atomic mass is 35.5. The molecule has 1 amide bonds. The van der Waals surface area contributed by atoms with Crippen LogP contribution in [-0.2, 0) is 10.2 Å². The molecule has 0 radical (unpaired) electrons. The molecular formula is C13H16Cl2N2O2. The van der Waals surface area contributed by atoms with E-state index in [0.29, 0.717) is 17.1 Å². The van der Waals surface area contributed by atoms with Crippen LogP contribution < -0.4 is 11.1 Å². The minimum Gasteiger partial charge on any atom is -0.508 e. The van der Waals surface area contributed by atoms with Gasteiger partial charge in [0.2, 0.25) is 5.91 Å². The zero-order valence-corrected chi connectivity index (χ0v) is 12.1. The number of phenolic OH excluding ortho intramolecular Hbond substituents is 1. The molecule has 4 nitrogen and oxygen atoms in total. The molecule has 2 unspecified atom stereocenters. The summed E-state index contributed by atoms with van der Waals surface area (Å²) in [7, 11) is 0. The molecule has 0 aliphatic carbocycles. The SMILES string of the molecule is CC(C(N)=O)(c1c(O)ccc(Cl)c1Cl)C1CCNC1. The van der Waals surface area contributed by atoms with Crippen molar-refractivity contribution in [3.05, 3.63) is 27.7 Å². The van der Waals surface area contributed by atoms with Gasteiger partial charge in [-0.1, -0.05) is 23.2 Å². The lowest BCUT2D eigenvalue weighted by Crippen LogP contribution is -2.46. The first-order chi connectivity index (χ1) is 8.89. The Balaban J connectivity index is 2.63. The van der Waals surface area contributed by atoms with Crippen LogP contribution in [0.1, 0.15) is 18.9 Å². The first-order valence-corrected chi connectivity index (χ1v) is 6.82. The topological polar surface area (TPSA) is 75.4 Å². The molecule has 1 aromatic rings. The number of benzene rings is 1. The van der Waals surface area contributed by atoms with Crippen LogP contribution in [0.5, 0.6) is 5.75 Å². The molecular weight excluding hydrogens is 287 g/mol. The molecule has 1 aliphatic rings. The number of carbonyl (C=O) groups excluding carboxylic acids is 1. The van der Waals surface area contributed by atoms with Gasteiger partial charge in [-0.2, -0.15) is 0 Å². The fourth-order valence-electron chi connectivity index (χ4n) is 2.71. The highest BCUT2D eigenvalue weighted by Gasteiger charge is 2.45. The van der Waals surface area contributed by atoms with Crippen molar-refractivity contribution < 1.29 is 9.90 Å². The molecule has 0 spiro atoms. The summed E-state index contributed by atoms with van der Waals surface area (Å²) >= 11 is 12.2. The van der Waals surface area contributed by atoms with E-state index in [1.165, 1.54) is 12.1 Å². The summed E-state index contributed by atoms with van der Waals surface area (Å²) in [5.41, 5.74) is 4.87. The Kier molecular flexibility index (Phi) is 3.95. The fraction of sp³-hybridized carbons (Fsp3) is 0.462. The molecule has 2 atom stereocenters. The number of nitrogens with two attached hydrogens (primary N) is 1.